The van der Waals surface area contributed by atoms with E-state index in [4.69, 9.17) is 0 Å². The maximum atomic E-state index is 13.1. The Morgan fingerprint density at radius 1 is 0.926 bits per heavy atom. The first-order valence-corrected chi connectivity index (χ1v) is 10.9. The summed E-state index contributed by atoms with van der Waals surface area (Å²) < 4.78 is 30.4. The molecule has 4 aliphatic carbocycles. The molecular weight excluding hydrogens is 358 g/mol. The van der Waals surface area contributed by atoms with Gasteiger partial charge in [0, 0.05) is 17.4 Å². The standard InChI is InChI=1S/C22H21NO3S/c1-13-6-10-16(11-7-13)27(25,26)23-21-17-4-2-3-5-18(17)22(24)20-15-9-8-14(12-15)19(20)21/h2-3,6-11,14-15,19-20H,4-5,12H2,1H3/b23-21-. The third kappa shape index (κ3) is 2.52. The Hall–Kier alpha value is -2.27. The van der Waals surface area contributed by atoms with Gasteiger partial charge in [-0.15, -0.1) is 0 Å². The second kappa shape index (κ2) is 5.86. The largest absolute Gasteiger partial charge is 0.294 e. The van der Waals surface area contributed by atoms with Gasteiger partial charge in [0.2, 0.25) is 0 Å². The zero-order valence-corrected chi connectivity index (χ0v) is 15.9. The average Bonchev–Trinajstić information content (AvgIpc) is 3.27. The average molecular weight is 379 g/mol. The molecule has 5 rings (SSSR count). The molecule has 2 bridgehead atoms. The molecule has 0 amide bonds. The van der Waals surface area contributed by atoms with E-state index >= 15 is 0 Å². The fourth-order valence-corrected chi connectivity index (χ4v) is 6.20. The van der Waals surface area contributed by atoms with Crippen molar-refractivity contribution in [3.8, 4) is 0 Å². The topological polar surface area (TPSA) is 63.6 Å². The van der Waals surface area contributed by atoms with Crippen LogP contribution in [0.5, 0.6) is 0 Å². The van der Waals surface area contributed by atoms with Gasteiger partial charge in [0.1, 0.15) is 0 Å². The predicted molar refractivity (Wildman–Crippen MR) is 104 cm³/mol. The van der Waals surface area contributed by atoms with Crippen molar-refractivity contribution in [2.75, 3.05) is 0 Å². The van der Waals surface area contributed by atoms with E-state index in [-0.39, 0.29) is 34.4 Å². The Morgan fingerprint density at radius 3 is 2.26 bits per heavy atom. The van der Waals surface area contributed by atoms with Crippen LogP contribution >= 0.6 is 0 Å². The van der Waals surface area contributed by atoms with Gasteiger partial charge < -0.3 is 0 Å². The minimum absolute atomic E-state index is 0.0991. The molecule has 1 aromatic rings. The van der Waals surface area contributed by atoms with Crippen LogP contribution in [0.3, 0.4) is 0 Å². The highest BCUT2D eigenvalue weighted by molar-refractivity contribution is 7.90. The SMILES string of the molecule is Cc1ccc(S(=O)(=O)/N=C2/C3=C(CC=CC3)C(=O)C3C4C=CC(C4)C23)cc1. The Labute approximate surface area is 159 Å². The smallest absolute Gasteiger partial charge is 0.282 e. The summed E-state index contributed by atoms with van der Waals surface area (Å²) in [6, 6.07) is 6.79. The molecule has 4 nitrogen and oxygen atoms in total. The van der Waals surface area contributed by atoms with E-state index in [0.29, 0.717) is 18.6 Å². The van der Waals surface area contributed by atoms with Gasteiger partial charge in [-0.1, -0.05) is 42.0 Å². The first-order chi connectivity index (χ1) is 13.0. The van der Waals surface area contributed by atoms with Crippen LogP contribution in [0.1, 0.15) is 24.8 Å². The normalized spacial score (nSPS) is 32.9. The molecule has 0 aliphatic heterocycles. The van der Waals surface area contributed by atoms with E-state index in [0.717, 1.165) is 23.1 Å². The highest BCUT2D eigenvalue weighted by atomic mass is 32.2. The molecule has 0 N–H and O–H groups in total. The highest BCUT2D eigenvalue weighted by Gasteiger charge is 2.54. The number of carbonyl (C=O) groups excluding carboxylic acids is 1. The van der Waals surface area contributed by atoms with Crippen molar-refractivity contribution in [1.29, 1.82) is 0 Å². The minimum atomic E-state index is -3.81. The molecule has 0 aromatic heterocycles. The number of Topliss-reactive ketones (excluding diaryl/α,β-unsaturated/α-hetero) is 1. The van der Waals surface area contributed by atoms with Crippen molar-refractivity contribution in [1.82, 2.24) is 0 Å². The molecule has 0 heterocycles. The molecule has 0 radical (unpaired) electrons. The van der Waals surface area contributed by atoms with Gasteiger partial charge in [-0.3, -0.25) is 4.79 Å². The second-order valence-corrected chi connectivity index (χ2v) is 9.57. The third-order valence-corrected chi connectivity index (χ3v) is 7.70. The summed E-state index contributed by atoms with van der Waals surface area (Å²) in [5.74, 6) is 0.411. The highest BCUT2D eigenvalue weighted by Crippen LogP contribution is 2.54. The van der Waals surface area contributed by atoms with Crippen LogP contribution in [0.4, 0.5) is 0 Å². The lowest BCUT2D eigenvalue weighted by atomic mass is 9.67. The van der Waals surface area contributed by atoms with Crippen molar-refractivity contribution < 1.29 is 13.2 Å². The molecule has 27 heavy (non-hydrogen) atoms. The van der Waals surface area contributed by atoms with Crippen LogP contribution in [0, 0.1) is 30.6 Å². The minimum Gasteiger partial charge on any atom is -0.294 e. The number of aryl methyl sites for hydroxylation is 1. The zero-order chi connectivity index (χ0) is 18.8. The number of hydrogen-bond acceptors (Lipinski definition) is 3. The molecule has 0 saturated heterocycles. The molecular formula is C22H21NO3S. The number of nitrogens with zero attached hydrogens (tertiary/aromatic N) is 1. The van der Waals surface area contributed by atoms with Gasteiger partial charge in [-0.05, 0) is 55.7 Å². The summed E-state index contributed by atoms with van der Waals surface area (Å²) in [6.45, 7) is 1.92. The fourth-order valence-electron chi connectivity index (χ4n) is 5.12. The van der Waals surface area contributed by atoms with Crippen molar-refractivity contribution >= 4 is 21.5 Å². The number of carbonyl (C=O) groups is 1. The van der Waals surface area contributed by atoms with E-state index in [1.807, 2.05) is 19.1 Å². The molecule has 5 heteroatoms. The van der Waals surface area contributed by atoms with Crippen LogP contribution in [0.15, 0.2) is 69.0 Å². The zero-order valence-electron chi connectivity index (χ0n) is 15.1. The first-order valence-electron chi connectivity index (χ1n) is 9.47. The van der Waals surface area contributed by atoms with Gasteiger partial charge in [-0.2, -0.15) is 12.8 Å². The molecule has 4 atom stereocenters. The Balaban J connectivity index is 1.67. The summed E-state index contributed by atoms with van der Waals surface area (Å²) in [6.07, 6.45) is 10.4. The van der Waals surface area contributed by atoms with E-state index < -0.39 is 10.0 Å². The Kier molecular flexibility index (Phi) is 3.66. The lowest BCUT2D eigenvalue weighted by Crippen LogP contribution is -2.41. The summed E-state index contributed by atoms with van der Waals surface area (Å²) in [4.78, 5) is 13.3. The second-order valence-electron chi connectivity index (χ2n) is 7.97. The lowest BCUT2D eigenvalue weighted by Gasteiger charge is -2.36. The van der Waals surface area contributed by atoms with E-state index in [1.54, 1.807) is 24.3 Å². The molecule has 138 valence electrons. The number of allylic oxidation sites excluding steroid dienone is 6. The molecule has 1 saturated carbocycles. The van der Waals surface area contributed by atoms with Gasteiger partial charge in [0.05, 0.1) is 10.6 Å². The lowest BCUT2D eigenvalue weighted by molar-refractivity contribution is -0.121. The summed E-state index contributed by atoms with van der Waals surface area (Å²) >= 11 is 0. The van der Waals surface area contributed by atoms with Crippen molar-refractivity contribution in [2.45, 2.75) is 31.1 Å². The first kappa shape index (κ1) is 16.9. The molecule has 1 aromatic carbocycles. The van der Waals surface area contributed by atoms with Crippen molar-refractivity contribution in [3.05, 3.63) is 65.3 Å². The van der Waals surface area contributed by atoms with Gasteiger partial charge in [0.15, 0.2) is 5.78 Å². The predicted octanol–water partition coefficient (Wildman–Crippen LogP) is 3.79. The monoisotopic (exact) mass is 379 g/mol. The third-order valence-electron chi connectivity index (χ3n) is 6.40. The quantitative estimate of drug-likeness (QED) is 0.735. The number of sulfonamides is 1. The van der Waals surface area contributed by atoms with Crippen LogP contribution in [0.25, 0.3) is 0 Å². The number of hydrogen-bond donors (Lipinski definition) is 0. The van der Waals surface area contributed by atoms with E-state index in [1.165, 1.54) is 0 Å². The molecule has 0 spiro atoms. The molecule has 4 unspecified atom stereocenters. The van der Waals surface area contributed by atoms with Crippen molar-refractivity contribution in [2.24, 2.45) is 28.1 Å². The van der Waals surface area contributed by atoms with Crippen LogP contribution in [-0.4, -0.2) is 19.9 Å². The number of fused-ring (bicyclic) bond motifs is 5. The van der Waals surface area contributed by atoms with E-state index in [2.05, 4.69) is 16.5 Å². The van der Waals surface area contributed by atoms with E-state index in [9.17, 15) is 13.2 Å². The molecule has 1 fully saturated rings. The van der Waals surface area contributed by atoms with Crippen LogP contribution in [0.2, 0.25) is 0 Å². The Morgan fingerprint density at radius 2 is 1.56 bits per heavy atom. The number of rotatable bonds is 2. The van der Waals surface area contributed by atoms with Crippen molar-refractivity contribution in [3.63, 3.8) is 0 Å². The maximum Gasteiger partial charge on any atom is 0.282 e. The van der Waals surface area contributed by atoms with Crippen LogP contribution in [-0.2, 0) is 14.8 Å². The Bertz CT molecular complexity index is 1060. The molecule has 4 aliphatic rings. The number of ketones is 1. The maximum absolute atomic E-state index is 13.1. The van der Waals surface area contributed by atoms with Gasteiger partial charge >= 0.3 is 0 Å². The van der Waals surface area contributed by atoms with Gasteiger partial charge in [-0.25, -0.2) is 0 Å². The number of benzene rings is 1. The summed E-state index contributed by atoms with van der Waals surface area (Å²) in [5, 5.41) is 0. The summed E-state index contributed by atoms with van der Waals surface area (Å²) in [7, 11) is -3.81. The summed E-state index contributed by atoms with van der Waals surface area (Å²) in [5.41, 5.74) is 3.26. The fraction of sp³-hybridized carbons (Fsp3) is 0.364. The van der Waals surface area contributed by atoms with Crippen LogP contribution < -0.4 is 0 Å². The van der Waals surface area contributed by atoms with Gasteiger partial charge in [0.25, 0.3) is 10.0 Å².